The van der Waals surface area contributed by atoms with Gasteiger partial charge in [0.05, 0.1) is 12.2 Å². The average Bonchev–Trinajstić information content (AvgIpc) is 3.00. The molecule has 1 saturated heterocycles. The smallest absolute Gasteiger partial charge is 0.411 e. The maximum absolute atomic E-state index is 12.7. The second-order valence-corrected chi connectivity index (χ2v) is 7.95. The van der Waals surface area contributed by atoms with E-state index in [4.69, 9.17) is 4.74 Å². The highest BCUT2D eigenvalue weighted by Crippen LogP contribution is 2.25. The number of amides is 1. The molecule has 7 nitrogen and oxygen atoms in total. The van der Waals surface area contributed by atoms with Gasteiger partial charge < -0.3 is 18.9 Å². The summed E-state index contributed by atoms with van der Waals surface area (Å²) in [6.45, 7) is 10.3. The molecule has 2 rings (SSSR count). The van der Waals surface area contributed by atoms with Crippen molar-refractivity contribution < 1.29 is 32.2 Å². The summed E-state index contributed by atoms with van der Waals surface area (Å²) in [5.74, 6) is -0.538. The zero-order valence-corrected chi connectivity index (χ0v) is 19.8. The monoisotopic (exact) mass is 473 g/mol. The second kappa shape index (κ2) is 12.2. The van der Waals surface area contributed by atoms with Gasteiger partial charge in [0.1, 0.15) is 6.61 Å². The van der Waals surface area contributed by atoms with E-state index < -0.39 is 18.8 Å². The topological polar surface area (TPSA) is 64.0 Å². The molecule has 1 aliphatic rings. The third kappa shape index (κ3) is 7.60. The summed E-state index contributed by atoms with van der Waals surface area (Å²) in [4.78, 5) is 29.1. The zero-order valence-electron chi connectivity index (χ0n) is 19.8. The van der Waals surface area contributed by atoms with Gasteiger partial charge in [-0.05, 0) is 40.2 Å². The molecule has 0 radical (unpaired) electrons. The Kier molecular flexibility index (Phi) is 9.97. The molecule has 0 saturated carbocycles. The largest absolute Gasteiger partial charge is 0.462 e. The Morgan fingerprint density at radius 2 is 1.73 bits per heavy atom. The predicted molar refractivity (Wildman–Crippen MR) is 119 cm³/mol. The molecule has 0 aliphatic carbocycles. The SMILES string of the molecule is CCOC(=O)c1c(/C=C/C(=O)N2CCN(CCCOCC(F)(F)F)CC2)c(C)n(CC)c1C. The molecule has 1 fully saturated rings. The van der Waals surface area contributed by atoms with Crippen LogP contribution in [-0.4, -0.2) is 85.0 Å². The minimum Gasteiger partial charge on any atom is -0.462 e. The summed E-state index contributed by atoms with van der Waals surface area (Å²) < 4.78 is 48.1. The van der Waals surface area contributed by atoms with Gasteiger partial charge >= 0.3 is 12.1 Å². The van der Waals surface area contributed by atoms with Crippen LogP contribution in [0.2, 0.25) is 0 Å². The maximum Gasteiger partial charge on any atom is 0.411 e. The van der Waals surface area contributed by atoms with E-state index >= 15 is 0 Å². The summed E-state index contributed by atoms with van der Waals surface area (Å²) in [6, 6.07) is 0. The molecular formula is C23H34F3N3O4. The second-order valence-electron chi connectivity index (χ2n) is 7.95. The van der Waals surface area contributed by atoms with E-state index in [-0.39, 0.29) is 19.1 Å². The molecule has 0 aromatic carbocycles. The highest BCUT2D eigenvalue weighted by atomic mass is 19.4. The van der Waals surface area contributed by atoms with E-state index in [9.17, 15) is 22.8 Å². The van der Waals surface area contributed by atoms with Crippen molar-refractivity contribution in [3.8, 4) is 0 Å². The summed E-state index contributed by atoms with van der Waals surface area (Å²) in [5.41, 5.74) is 2.89. The quantitative estimate of drug-likeness (QED) is 0.296. The van der Waals surface area contributed by atoms with Crippen molar-refractivity contribution in [2.45, 2.75) is 46.8 Å². The highest BCUT2D eigenvalue weighted by Gasteiger charge is 2.27. The Hall–Kier alpha value is -2.33. The van der Waals surface area contributed by atoms with E-state index in [1.807, 2.05) is 25.3 Å². The van der Waals surface area contributed by atoms with Crippen LogP contribution in [0.25, 0.3) is 6.08 Å². The number of carbonyl (C=O) groups excluding carboxylic acids is 2. The van der Waals surface area contributed by atoms with E-state index in [1.165, 1.54) is 6.08 Å². The van der Waals surface area contributed by atoms with Crippen molar-refractivity contribution in [1.29, 1.82) is 0 Å². The first-order valence-electron chi connectivity index (χ1n) is 11.3. The Labute approximate surface area is 193 Å². The zero-order chi connectivity index (χ0) is 24.6. The molecule has 0 N–H and O–H groups in total. The number of aromatic nitrogens is 1. The first-order chi connectivity index (χ1) is 15.6. The van der Waals surface area contributed by atoms with Crippen molar-refractivity contribution in [2.75, 3.05) is 52.5 Å². The van der Waals surface area contributed by atoms with Crippen molar-refractivity contribution in [1.82, 2.24) is 14.4 Å². The van der Waals surface area contributed by atoms with Crippen LogP contribution in [0.4, 0.5) is 13.2 Å². The fraction of sp³-hybridized carbons (Fsp3) is 0.652. The minimum absolute atomic E-state index is 0.0559. The first-order valence-corrected chi connectivity index (χ1v) is 11.3. The van der Waals surface area contributed by atoms with Gasteiger partial charge in [0.25, 0.3) is 0 Å². The number of rotatable bonds is 10. The summed E-state index contributed by atoms with van der Waals surface area (Å²) in [6.07, 6.45) is -0.612. The van der Waals surface area contributed by atoms with E-state index in [0.717, 1.165) is 11.4 Å². The Bertz CT molecular complexity index is 841. The molecule has 33 heavy (non-hydrogen) atoms. The molecule has 1 aromatic rings. The molecule has 1 aromatic heterocycles. The highest BCUT2D eigenvalue weighted by molar-refractivity contribution is 5.98. The van der Waals surface area contributed by atoms with Crippen molar-refractivity contribution in [3.63, 3.8) is 0 Å². The van der Waals surface area contributed by atoms with Gasteiger partial charge in [-0.3, -0.25) is 9.69 Å². The summed E-state index contributed by atoms with van der Waals surface area (Å²) in [5, 5.41) is 0. The van der Waals surface area contributed by atoms with Crippen LogP contribution in [0.5, 0.6) is 0 Å². The van der Waals surface area contributed by atoms with Gasteiger partial charge in [-0.25, -0.2) is 4.79 Å². The molecule has 0 unspecified atom stereocenters. The van der Waals surface area contributed by atoms with Gasteiger partial charge in [-0.1, -0.05) is 0 Å². The average molecular weight is 474 g/mol. The van der Waals surface area contributed by atoms with Gasteiger partial charge in [-0.2, -0.15) is 13.2 Å². The van der Waals surface area contributed by atoms with Crippen LogP contribution in [0, 0.1) is 13.8 Å². The predicted octanol–water partition coefficient (Wildman–Crippen LogP) is 3.43. The normalized spacial score (nSPS) is 15.4. The minimum atomic E-state index is -4.30. The van der Waals surface area contributed by atoms with Gasteiger partial charge in [-0.15, -0.1) is 0 Å². The number of halogens is 3. The van der Waals surface area contributed by atoms with Crippen molar-refractivity contribution >= 4 is 18.0 Å². The van der Waals surface area contributed by atoms with Crippen LogP contribution >= 0.6 is 0 Å². The van der Waals surface area contributed by atoms with Gasteiger partial charge in [0.15, 0.2) is 0 Å². The number of nitrogens with zero attached hydrogens (tertiary/aromatic N) is 3. The molecule has 186 valence electrons. The lowest BCUT2D eigenvalue weighted by Crippen LogP contribution is -2.48. The first kappa shape index (κ1) is 26.9. The number of hydrogen-bond donors (Lipinski definition) is 0. The number of carbonyl (C=O) groups is 2. The lowest BCUT2D eigenvalue weighted by atomic mass is 10.1. The third-order valence-corrected chi connectivity index (χ3v) is 5.73. The van der Waals surface area contributed by atoms with Crippen molar-refractivity contribution in [2.24, 2.45) is 0 Å². The van der Waals surface area contributed by atoms with Crippen LogP contribution < -0.4 is 0 Å². The molecule has 1 amide bonds. The van der Waals surface area contributed by atoms with E-state index in [2.05, 4.69) is 9.64 Å². The molecule has 0 bridgehead atoms. The van der Waals surface area contributed by atoms with Crippen LogP contribution in [-0.2, 0) is 20.8 Å². The summed E-state index contributed by atoms with van der Waals surface area (Å²) >= 11 is 0. The number of esters is 1. The summed E-state index contributed by atoms with van der Waals surface area (Å²) in [7, 11) is 0. The van der Waals surface area contributed by atoms with Gasteiger partial charge in [0, 0.05) is 68.9 Å². The standard InChI is InChI=1S/C23H34F3N3O4/c1-5-29-17(3)19(21(18(29)4)22(31)33-6-2)8-9-20(30)28-13-11-27(12-14-28)10-7-15-32-16-23(24,25)26/h8-9H,5-7,10-16H2,1-4H3/b9-8+. The van der Waals surface area contributed by atoms with E-state index in [1.54, 1.807) is 17.9 Å². The lowest BCUT2D eigenvalue weighted by molar-refractivity contribution is -0.174. The van der Waals surface area contributed by atoms with Gasteiger partial charge in [0.2, 0.25) is 5.91 Å². The number of piperazine rings is 1. The molecular weight excluding hydrogens is 439 g/mol. The molecule has 0 atom stereocenters. The van der Waals surface area contributed by atoms with Crippen molar-refractivity contribution in [3.05, 3.63) is 28.6 Å². The van der Waals surface area contributed by atoms with E-state index in [0.29, 0.717) is 56.8 Å². The molecule has 0 spiro atoms. The maximum atomic E-state index is 12.7. The number of hydrogen-bond acceptors (Lipinski definition) is 5. The third-order valence-electron chi connectivity index (χ3n) is 5.73. The Balaban J connectivity index is 1.91. The van der Waals surface area contributed by atoms with Crippen LogP contribution in [0.3, 0.4) is 0 Å². The number of alkyl halides is 3. The molecule has 1 aliphatic heterocycles. The lowest BCUT2D eigenvalue weighted by Gasteiger charge is -2.34. The van der Waals surface area contributed by atoms with Crippen LogP contribution in [0.15, 0.2) is 6.08 Å². The van der Waals surface area contributed by atoms with Crippen LogP contribution in [0.1, 0.15) is 47.6 Å². The fourth-order valence-electron chi connectivity index (χ4n) is 4.08. The molecule has 2 heterocycles. The Morgan fingerprint density at radius 3 is 2.30 bits per heavy atom. The fourth-order valence-corrected chi connectivity index (χ4v) is 4.08. The molecule has 10 heteroatoms. The number of ether oxygens (including phenoxy) is 2. The Morgan fingerprint density at radius 1 is 1.06 bits per heavy atom.